The molecule has 1 aliphatic carbocycles. The number of pyridine rings is 1. The maximum Gasteiger partial charge on any atom is 0.228 e. The molecule has 2 unspecified atom stereocenters. The Kier molecular flexibility index (Phi) is 6.53. The zero-order valence-electron chi connectivity index (χ0n) is 16.6. The number of aryl methyl sites for hydroxylation is 2. The molecule has 2 aromatic rings. The van der Waals surface area contributed by atoms with Gasteiger partial charge >= 0.3 is 0 Å². The Morgan fingerprint density at radius 3 is 2.96 bits per heavy atom. The van der Waals surface area contributed by atoms with Crippen molar-refractivity contribution in [2.24, 2.45) is 4.99 Å². The summed E-state index contributed by atoms with van der Waals surface area (Å²) in [5.41, 5.74) is 4.60. The van der Waals surface area contributed by atoms with Crippen molar-refractivity contribution in [3.05, 3.63) is 51.6 Å². The molecule has 0 spiro atoms. The van der Waals surface area contributed by atoms with Gasteiger partial charge in [-0.15, -0.1) is 0 Å². The van der Waals surface area contributed by atoms with Crippen molar-refractivity contribution in [3.63, 3.8) is 0 Å². The van der Waals surface area contributed by atoms with E-state index < -0.39 is 0 Å². The molecule has 0 N–H and O–H groups in total. The molecule has 0 radical (unpaired) electrons. The van der Waals surface area contributed by atoms with Gasteiger partial charge in [0.25, 0.3) is 0 Å². The van der Waals surface area contributed by atoms with Crippen LogP contribution < -0.4 is 4.74 Å². The van der Waals surface area contributed by atoms with Crippen molar-refractivity contribution in [2.45, 2.75) is 52.1 Å². The van der Waals surface area contributed by atoms with Crippen LogP contribution in [0.2, 0.25) is 0 Å². The molecule has 4 nitrogen and oxygen atoms in total. The van der Waals surface area contributed by atoms with E-state index in [1.54, 1.807) is 0 Å². The van der Waals surface area contributed by atoms with Gasteiger partial charge in [0.2, 0.25) is 5.88 Å². The largest absolute Gasteiger partial charge is 0.473 e. The molecule has 1 aromatic carbocycles. The highest BCUT2D eigenvalue weighted by Gasteiger charge is 2.27. The van der Waals surface area contributed by atoms with Crippen LogP contribution in [0.3, 0.4) is 0 Å². The lowest BCUT2D eigenvalue weighted by molar-refractivity contribution is 0.169. The number of aromatic nitrogens is 1. The number of hydrogen-bond donors (Lipinski definition) is 0. The molecule has 1 heterocycles. The lowest BCUT2D eigenvalue weighted by Gasteiger charge is -2.30. The summed E-state index contributed by atoms with van der Waals surface area (Å²) < 4.78 is 7.15. The number of aliphatic imine (C=N–C) groups is 1. The van der Waals surface area contributed by atoms with Gasteiger partial charge in [0.05, 0.1) is 22.2 Å². The lowest BCUT2D eigenvalue weighted by atomic mass is 9.80. The first-order valence-electron chi connectivity index (χ1n) is 9.65. The Morgan fingerprint density at radius 1 is 1.41 bits per heavy atom. The van der Waals surface area contributed by atoms with Crippen molar-refractivity contribution >= 4 is 28.0 Å². The van der Waals surface area contributed by atoms with Gasteiger partial charge in [0.1, 0.15) is 6.10 Å². The Balaban J connectivity index is 1.78. The average Bonchev–Trinajstić information content (AvgIpc) is 2.68. The predicted molar refractivity (Wildman–Crippen MR) is 115 cm³/mol. The lowest BCUT2D eigenvalue weighted by Crippen LogP contribution is -2.26. The summed E-state index contributed by atoms with van der Waals surface area (Å²) >= 11 is 3.61. The summed E-state index contributed by atoms with van der Waals surface area (Å²) in [6, 6.07) is 10.7. The third-order valence-corrected chi connectivity index (χ3v) is 5.85. The zero-order chi connectivity index (χ0) is 19.4. The van der Waals surface area contributed by atoms with Gasteiger partial charge in [-0.1, -0.05) is 24.3 Å². The molecule has 144 valence electrons. The minimum Gasteiger partial charge on any atom is -0.473 e. The van der Waals surface area contributed by atoms with E-state index in [0.29, 0.717) is 11.8 Å². The molecule has 3 rings (SSSR count). The molecular formula is C22H28BrN3O. The molecular weight excluding hydrogens is 402 g/mol. The minimum atomic E-state index is 0.0650. The van der Waals surface area contributed by atoms with Crippen molar-refractivity contribution < 1.29 is 4.74 Å². The quantitative estimate of drug-likeness (QED) is 0.439. The molecule has 0 fully saturated rings. The number of hydrogen-bond acceptors (Lipinski definition) is 3. The first kappa shape index (κ1) is 19.9. The summed E-state index contributed by atoms with van der Waals surface area (Å²) in [4.78, 5) is 11.2. The van der Waals surface area contributed by atoms with E-state index in [-0.39, 0.29) is 6.10 Å². The second-order valence-electron chi connectivity index (χ2n) is 7.22. The van der Waals surface area contributed by atoms with E-state index >= 15 is 0 Å². The van der Waals surface area contributed by atoms with Gasteiger partial charge in [0, 0.05) is 19.5 Å². The van der Waals surface area contributed by atoms with Crippen molar-refractivity contribution in [1.29, 1.82) is 0 Å². The van der Waals surface area contributed by atoms with E-state index in [2.05, 4.69) is 64.0 Å². The summed E-state index contributed by atoms with van der Waals surface area (Å²) in [7, 11) is 2.00. The van der Waals surface area contributed by atoms with Gasteiger partial charge in [0.15, 0.2) is 0 Å². The average molecular weight is 430 g/mol. The topological polar surface area (TPSA) is 37.7 Å². The highest BCUT2D eigenvalue weighted by atomic mass is 79.9. The molecule has 1 aliphatic rings. The van der Waals surface area contributed by atoms with E-state index in [9.17, 15) is 0 Å². The highest BCUT2D eigenvalue weighted by Crippen LogP contribution is 2.37. The number of fused-ring (bicyclic) bond motifs is 1. The summed E-state index contributed by atoms with van der Waals surface area (Å²) in [6.07, 6.45) is 5.43. The maximum absolute atomic E-state index is 6.30. The van der Waals surface area contributed by atoms with Crippen LogP contribution in [0.25, 0.3) is 0 Å². The zero-order valence-corrected chi connectivity index (χ0v) is 18.2. The van der Waals surface area contributed by atoms with Crippen LogP contribution in [0.1, 0.15) is 49.4 Å². The molecule has 0 saturated heterocycles. The van der Waals surface area contributed by atoms with Crippen molar-refractivity contribution in [1.82, 2.24) is 9.88 Å². The Hall–Kier alpha value is -1.88. The summed E-state index contributed by atoms with van der Waals surface area (Å²) in [5, 5.41) is 0. The smallest absolute Gasteiger partial charge is 0.228 e. The van der Waals surface area contributed by atoms with Crippen LogP contribution >= 0.6 is 15.9 Å². The number of rotatable bonds is 6. The summed E-state index contributed by atoms with van der Waals surface area (Å²) in [6.45, 7) is 7.13. The molecule has 0 aliphatic heterocycles. The molecule has 5 heteroatoms. The number of benzene rings is 1. The highest BCUT2D eigenvalue weighted by molar-refractivity contribution is 9.10. The van der Waals surface area contributed by atoms with Crippen molar-refractivity contribution in [3.8, 4) is 5.88 Å². The third-order valence-electron chi connectivity index (χ3n) is 5.28. The Morgan fingerprint density at radius 2 is 2.19 bits per heavy atom. The Labute approximate surface area is 170 Å². The SMILES string of the molecule is CCN(C)C=Nc1cc(Br)c(OC(C)C2CCCc3ccccc32)nc1C. The van der Waals surface area contributed by atoms with Gasteiger partial charge < -0.3 is 9.64 Å². The van der Waals surface area contributed by atoms with Crippen LogP contribution in [-0.4, -0.2) is 35.9 Å². The predicted octanol–water partition coefficient (Wildman–Crippen LogP) is 5.65. The number of ether oxygens (including phenoxy) is 1. The van der Waals surface area contributed by atoms with Crippen molar-refractivity contribution in [2.75, 3.05) is 13.6 Å². The van der Waals surface area contributed by atoms with Gasteiger partial charge in [-0.25, -0.2) is 9.98 Å². The molecule has 0 bridgehead atoms. The molecule has 1 aromatic heterocycles. The minimum absolute atomic E-state index is 0.0650. The first-order chi connectivity index (χ1) is 13.0. The second-order valence-corrected chi connectivity index (χ2v) is 8.07. The van der Waals surface area contributed by atoms with Crippen LogP contribution in [0.15, 0.2) is 39.8 Å². The fourth-order valence-corrected chi connectivity index (χ4v) is 3.94. The number of nitrogens with zero attached hydrogens (tertiary/aromatic N) is 3. The molecule has 0 saturated carbocycles. The van der Waals surface area contributed by atoms with Crippen LogP contribution in [0.5, 0.6) is 5.88 Å². The van der Waals surface area contributed by atoms with Crippen LogP contribution in [-0.2, 0) is 6.42 Å². The van der Waals surface area contributed by atoms with E-state index in [1.807, 2.05) is 31.3 Å². The van der Waals surface area contributed by atoms with Gasteiger partial charge in [-0.2, -0.15) is 0 Å². The van der Waals surface area contributed by atoms with E-state index in [0.717, 1.165) is 28.8 Å². The Bertz CT molecular complexity index is 821. The fourth-order valence-electron chi connectivity index (χ4n) is 3.54. The molecule has 0 amide bonds. The summed E-state index contributed by atoms with van der Waals surface area (Å²) in [5.74, 6) is 1.05. The fraction of sp³-hybridized carbons (Fsp3) is 0.455. The third kappa shape index (κ3) is 4.70. The maximum atomic E-state index is 6.30. The molecule has 2 atom stereocenters. The second kappa shape index (κ2) is 8.87. The molecule has 27 heavy (non-hydrogen) atoms. The van der Waals surface area contributed by atoms with E-state index in [1.165, 1.54) is 24.0 Å². The first-order valence-corrected chi connectivity index (χ1v) is 10.4. The van der Waals surface area contributed by atoms with Crippen LogP contribution in [0, 0.1) is 6.92 Å². The van der Waals surface area contributed by atoms with Crippen LogP contribution in [0.4, 0.5) is 5.69 Å². The van der Waals surface area contributed by atoms with E-state index in [4.69, 9.17) is 4.74 Å². The standard InChI is InChI=1S/C22H28BrN3O/c1-5-26(4)14-24-21-13-20(23)22(25-15(21)2)27-16(3)18-12-8-10-17-9-6-7-11-19(17)18/h6-7,9,11,13-14,16,18H,5,8,10,12H2,1-4H3. The van der Waals surface area contributed by atoms with Gasteiger partial charge in [-0.3, -0.25) is 0 Å². The normalized spacial score (nSPS) is 17.6. The monoisotopic (exact) mass is 429 g/mol. The number of halogens is 1. The van der Waals surface area contributed by atoms with Gasteiger partial charge in [-0.05, 0) is 73.2 Å².